The molecule has 0 aliphatic carbocycles. The zero-order valence-electron chi connectivity index (χ0n) is 11.6. The molecule has 2 heterocycles. The number of aryl methyl sites for hydroxylation is 1. The van der Waals surface area contributed by atoms with Crippen molar-refractivity contribution in [3.63, 3.8) is 0 Å². The van der Waals surface area contributed by atoms with Gasteiger partial charge < -0.3 is 10.1 Å². The number of hydrogen-bond acceptors (Lipinski definition) is 4. The topological polar surface area (TPSA) is 52.0 Å². The highest BCUT2D eigenvalue weighted by molar-refractivity contribution is 5.21. The lowest BCUT2D eigenvalue weighted by Gasteiger charge is -2.16. The van der Waals surface area contributed by atoms with Gasteiger partial charge in [-0.2, -0.15) is 5.10 Å². The molecule has 1 atom stereocenters. The van der Waals surface area contributed by atoms with Crippen molar-refractivity contribution in [3.05, 3.63) is 41.9 Å². The largest absolute Gasteiger partial charge is 0.481 e. The monoisotopic (exact) mass is 260 g/mol. The molecule has 102 valence electrons. The highest BCUT2D eigenvalue weighted by atomic mass is 16.5. The average molecular weight is 260 g/mol. The van der Waals surface area contributed by atoms with Crippen LogP contribution in [0.2, 0.25) is 0 Å². The molecule has 2 aromatic rings. The third-order valence-electron chi connectivity index (χ3n) is 3.02. The lowest BCUT2D eigenvalue weighted by molar-refractivity contribution is 0.397. The van der Waals surface area contributed by atoms with E-state index < -0.39 is 0 Å². The molecule has 19 heavy (non-hydrogen) atoms. The Hall–Kier alpha value is -1.88. The molecule has 5 nitrogen and oxygen atoms in total. The summed E-state index contributed by atoms with van der Waals surface area (Å²) in [5.41, 5.74) is 2.37. The van der Waals surface area contributed by atoms with Gasteiger partial charge in [0.1, 0.15) is 0 Å². The van der Waals surface area contributed by atoms with E-state index in [0.29, 0.717) is 5.88 Å². The van der Waals surface area contributed by atoms with Crippen LogP contribution in [0.5, 0.6) is 5.88 Å². The van der Waals surface area contributed by atoms with E-state index in [1.165, 1.54) is 11.1 Å². The third-order valence-corrected chi connectivity index (χ3v) is 3.02. The Kier molecular flexibility index (Phi) is 4.52. The van der Waals surface area contributed by atoms with Crippen molar-refractivity contribution in [1.29, 1.82) is 0 Å². The van der Waals surface area contributed by atoms with E-state index in [-0.39, 0.29) is 6.04 Å². The summed E-state index contributed by atoms with van der Waals surface area (Å²) in [5, 5.41) is 7.71. The van der Waals surface area contributed by atoms with Crippen LogP contribution in [0.25, 0.3) is 0 Å². The van der Waals surface area contributed by atoms with Crippen molar-refractivity contribution >= 4 is 0 Å². The minimum atomic E-state index is 0.258. The zero-order chi connectivity index (χ0) is 13.7. The Morgan fingerprint density at radius 3 is 2.74 bits per heavy atom. The van der Waals surface area contributed by atoms with Crippen LogP contribution >= 0.6 is 0 Å². The summed E-state index contributed by atoms with van der Waals surface area (Å²) >= 11 is 0. The van der Waals surface area contributed by atoms with Gasteiger partial charge in [0.2, 0.25) is 5.88 Å². The lowest BCUT2D eigenvalue weighted by Crippen LogP contribution is -2.22. The van der Waals surface area contributed by atoms with Crippen molar-refractivity contribution in [1.82, 2.24) is 20.1 Å². The second-order valence-corrected chi connectivity index (χ2v) is 4.47. The van der Waals surface area contributed by atoms with E-state index in [2.05, 4.69) is 22.3 Å². The third kappa shape index (κ3) is 3.54. The Labute approximate surface area is 113 Å². The van der Waals surface area contributed by atoms with Gasteiger partial charge in [-0.3, -0.25) is 4.68 Å². The fourth-order valence-electron chi connectivity index (χ4n) is 2.06. The van der Waals surface area contributed by atoms with Gasteiger partial charge in [-0.1, -0.05) is 13.0 Å². The summed E-state index contributed by atoms with van der Waals surface area (Å²) in [6.07, 6.45) is 6.70. The van der Waals surface area contributed by atoms with Crippen molar-refractivity contribution in [2.45, 2.75) is 19.4 Å². The second kappa shape index (κ2) is 6.33. The maximum atomic E-state index is 5.07. The molecule has 0 aromatic carbocycles. The highest BCUT2D eigenvalue weighted by Crippen LogP contribution is 2.18. The van der Waals surface area contributed by atoms with Gasteiger partial charge in [0, 0.05) is 37.1 Å². The smallest absolute Gasteiger partial charge is 0.212 e. The number of rotatable bonds is 6. The fourth-order valence-corrected chi connectivity index (χ4v) is 2.06. The summed E-state index contributed by atoms with van der Waals surface area (Å²) in [6, 6.07) is 4.20. The van der Waals surface area contributed by atoms with Crippen molar-refractivity contribution in [2.24, 2.45) is 7.05 Å². The minimum absolute atomic E-state index is 0.258. The van der Waals surface area contributed by atoms with Crippen molar-refractivity contribution in [3.8, 4) is 5.88 Å². The molecule has 2 aromatic heterocycles. The van der Waals surface area contributed by atoms with E-state index in [1.807, 2.05) is 42.5 Å². The molecule has 5 heteroatoms. The molecular formula is C14H20N4O. The number of aromatic nitrogens is 3. The average Bonchev–Trinajstić information content (AvgIpc) is 2.86. The first-order chi connectivity index (χ1) is 9.22. The van der Waals surface area contributed by atoms with Gasteiger partial charge in [0.15, 0.2) is 0 Å². The Bertz CT molecular complexity index is 506. The van der Waals surface area contributed by atoms with E-state index in [1.54, 1.807) is 7.11 Å². The molecule has 0 amide bonds. The maximum absolute atomic E-state index is 5.07. The first-order valence-electron chi connectivity index (χ1n) is 6.43. The van der Waals surface area contributed by atoms with Crippen LogP contribution < -0.4 is 10.1 Å². The molecule has 0 fully saturated rings. The Morgan fingerprint density at radius 1 is 1.37 bits per heavy atom. The summed E-state index contributed by atoms with van der Waals surface area (Å²) in [6.45, 7) is 3.03. The molecule has 0 bridgehead atoms. The summed E-state index contributed by atoms with van der Waals surface area (Å²) in [7, 11) is 3.56. The lowest BCUT2D eigenvalue weighted by atomic mass is 10.0. The number of hydrogen-bond donors (Lipinski definition) is 1. The number of nitrogens with one attached hydrogen (secondary N) is 1. The van der Waals surface area contributed by atoms with Crippen LogP contribution in [0.3, 0.4) is 0 Å². The molecule has 0 aliphatic rings. The predicted octanol–water partition coefficient (Wildman–Crippen LogP) is 1.72. The first kappa shape index (κ1) is 13.5. The zero-order valence-corrected chi connectivity index (χ0v) is 11.6. The van der Waals surface area contributed by atoms with Crippen molar-refractivity contribution in [2.75, 3.05) is 13.7 Å². The number of methoxy groups -OCH3 is 1. The van der Waals surface area contributed by atoms with Gasteiger partial charge in [-0.25, -0.2) is 4.98 Å². The van der Waals surface area contributed by atoms with E-state index in [0.717, 1.165) is 13.0 Å². The van der Waals surface area contributed by atoms with Crippen LogP contribution in [0.15, 0.2) is 30.7 Å². The first-order valence-corrected chi connectivity index (χ1v) is 6.43. The molecular weight excluding hydrogens is 240 g/mol. The molecule has 0 spiro atoms. The quantitative estimate of drug-likeness (QED) is 0.859. The fraction of sp³-hybridized carbons (Fsp3) is 0.429. The van der Waals surface area contributed by atoms with Gasteiger partial charge in [-0.05, 0) is 18.5 Å². The molecule has 0 radical (unpaired) electrons. The van der Waals surface area contributed by atoms with E-state index in [9.17, 15) is 0 Å². The van der Waals surface area contributed by atoms with Crippen LogP contribution in [-0.2, 0) is 13.5 Å². The Balaban J connectivity index is 2.11. The normalized spacial score (nSPS) is 12.4. The summed E-state index contributed by atoms with van der Waals surface area (Å²) < 4.78 is 6.89. The second-order valence-electron chi connectivity index (χ2n) is 4.47. The molecule has 0 saturated heterocycles. The van der Waals surface area contributed by atoms with E-state index >= 15 is 0 Å². The number of nitrogens with zero attached hydrogens (tertiary/aromatic N) is 3. The van der Waals surface area contributed by atoms with Gasteiger partial charge in [0.05, 0.1) is 13.3 Å². The van der Waals surface area contributed by atoms with E-state index in [4.69, 9.17) is 4.74 Å². The standard InChI is InChI=1S/C14H20N4O/c1-4-15-13(12-9-17-18(2)10-12)7-11-5-6-14(19-3)16-8-11/h5-6,8-10,13,15H,4,7H2,1-3H3. The highest BCUT2D eigenvalue weighted by Gasteiger charge is 2.13. The van der Waals surface area contributed by atoms with Crippen LogP contribution in [0.4, 0.5) is 0 Å². The molecule has 0 aliphatic heterocycles. The SMILES string of the molecule is CCNC(Cc1ccc(OC)nc1)c1cnn(C)c1. The van der Waals surface area contributed by atoms with Crippen molar-refractivity contribution < 1.29 is 4.74 Å². The van der Waals surface area contributed by atoms with Gasteiger partial charge in [-0.15, -0.1) is 0 Å². The van der Waals surface area contributed by atoms with Crippen LogP contribution in [0.1, 0.15) is 24.1 Å². The van der Waals surface area contributed by atoms with Gasteiger partial charge >= 0.3 is 0 Å². The number of pyridine rings is 1. The Morgan fingerprint density at radius 2 is 2.21 bits per heavy atom. The molecule has 1 unspecified atom stereocenters. The van der Waals surface area contributed by atoms with Crippen LogP contribution in [-0.4, -0.2) is 28.4 Å². The number of ether oxygens (including phenoxy) is 1. The molecule has 1 N–H and O–H groups in total. The summed E-state index contributed by atoms with van der Waals surface area (Å²) in [4.78, 5) is 4.24. The predicted molar refractivity (Wildman–Crippen MR) is 74.1 cm³/mol. The maximum Gasteiger partial charge on any atom is 0.212 e. The van der Waals surface area contributed by atoms with Gasteiger partial charge in [0.25, 0.3) is 0 Å². The number of likely N-dealkylation sites (N-methyl/N-ethyl adjacent to an activating group) is 1. The summed E-state index contributed by atoms with van der Waals surface area (Å²) in [5.74, 6) is 0.644. The molecule has 2 rings (SSSR count). The van der Waals surface area contributed by atoms with Crippen LogP contribution in [0, 0.1) is 0 Å². The minimum Gasteiger partial charge on any atom is -0.481 e. The molecule has 0 saturated carbocycles.